The number of hydrogen-bond donors (Lipinski definition) is 1. The van der Waals surface area contributed by atoms with Gasteiger partial charge in [0.1, 0.15) is 0 Å². The van der Waals surface area contributed by atoms with Crippen LogP contribution in [0.25, 0.3) is 0 Å². The third-order valence-corrected chi connectivity index (χ3v) is 4.18. The molecule has 7 heteroatoms. The fourth-order valence-corrected chi connectivity index (χ4v) is 2.70. The molecule has 1 aliphatic rings. The third-order valence-electron chi connectivity index (χ3n) is 4.18. The van der Waals surface area contributed by atoms with Crippen LogP contribution in [0.5, 0.6) is 17.2 Å². The van der Waals surface area contributed by atoms with Crippen molar-refractivity contribution >= 4 is 5.91 Å². The molecule has 2 rings (SSSR count). The molecule has 134 valence electrons. The van der Waals surface area contributed by atoms with Crippen LogP contribution in [0.4, 0.5) is 0 Å². The van der Waals surface area contributed by atoms with Crippen molar-refractivity contribution in [1.29, 1.82) is 0 Å². The lowest BCUT2D eigenvalue weighted by atomic mass is 10.1. The number of methoxy groups -OCH3 is 3. The molecule has 0 unspecified atom stereocenters. The first kappa shape index (κ1) is 18.4. The lowest BCUT2D eigenvalue weighted by molar-refractivity contribution is -0.122. The van der Waals surface area contributed by atoms with Gasteiger partial charge in [-0.05, 0) is 24.7 Å². The van der Waals surface area contributed by atoms with Crippen LogP contribution in [0, 0.1) is 0 Å². The highest BCUT2D eigenvalue weighted by molar-refractivity contribution is 5.78. The van der Waals surface area contributed by atoms with Gasteiger partial charge in [-0.15, -0.1) is 0 Å². The van der Waals surface area contributed by atoms with Gasteiger partial charge in [0.05, 0.1) is 27.9 Å². The van der Waals surface area contributed by atoms with Crippen molar-refractivity contribution in [2.24, 2.45) is 0 Å². The van der Waals surface area contributed by atoms with Crippen LogP contribution in [-0.2, 0) is 11.3 Å². The van der Waals surface area contributed by atoms with Gasteiger partial charge in [0.25, 0.3) is 0 Å². The fraction of sp³-hybridized carbons (Fsp3) is 0.588. The molecule has 1 aliphatic heterocycles. The molecule has 0 aromatic heterocycles. The molecule has 0 saturated carbocycles. The molecule has 0 bridgehead atoms. The Hall–Kier alpha value is -1.99. The third kappa shape index (κ3) is 4.75. The summed E-state index contributed by atoms with van der Waals surface area (Å²) in [5, 5.41) is 2.95. The maximum atomic E-state index is 12.1. The van der Waals surface area contributed by atoms with E-state index >= 15 is 0 Å². The van der Waals surface area contributed by atoms with Crippen LogP contribution in [-0.4, -0.2) is 76.8 Å². The highest BCUT2D eigenvalue weighted by Gasteiger charge is 2.17. The van der Waals surface area contributed by atoms with Gasteiger partial charge in [-0.1, -0.05) is 0 Å². The average Bonchev–Trinajstić information content (AvgIpc) is 2.60. The molecule has 1 N–H and O–H groups in total. The van der Waals surface area contributed by atoms with Crippen LogP contribution in [0.1, 0.15) is 5.56 Å². The van der Waals surface area contributed by atoms with Gasteiger partial charge < -0.3 is 24.4 Å². The highest BCUT2D eigenvalue weighted by Crippen LogP contribution is 2.38. The van der Waals surface area contributed by atoms with Gasteiger partial charge in [-0.2, -0.15) is 0 Å². The predicted octanol–water partition coefficient (Wildman–Crippen LogP) is 0.576. The second-order valence-corrected chi connectivity index (χ2v) is 5.89. The Morgan fingerprint density at radius 3 is 2.12 bits per heavy atom. The van der Waals surface area contributed by atoms with Crippen molar-refractivity contribution in [3.63, 3.8) is 0 Å². The van der Waals surface area contributed by atoms with E-state index in [9.17, 15) is 4.79 Å². The molecular weight excluding hydrogens is 310 g/mol. The maximum absolute atomic E-state index is 12.1. The molecule has 24 heavy (non-hydrogen) atoms. The summed E-state index contributed by atoms with van der Waals surface area (Å²) < 4.78 is 16.0. The monoisotopic (exact) mass is 337 g/mol. The number of benzene rings is 1. The summed E-state index contributed by atoms with van der Waals surface area (Å²) in [6.07, 6.45) is 0. The van der Waals surface area contributed by atoms with Crippen molar-refractivity contribution in [3.8, 4) is 17.2 Å². The SMILES string of the molecule is COc1cc(CNC(=O)CN2CCN(C)CC2)cc(OC)c1OC. The number of piperazine rings is 1. The van der Waals surface area contributed by atoms with E-state index in [1.54, 1.807) is 21.3 Å². The van der Waals surface area contributed by atoms with Crippen LogP contribution in [0.2, 0.25) is 0 Å². The number of nitrogens with zero attached hydrogens (tertiary/aromatic N) is 2. The maximum Gasteiger partial charge on any atom is 0.234 e. The minimum Gasteiger partial charge on any atom is -0.493 e. The van der Waals surface area contributed by atoms with Crippen LogP contribution < -0.4 is 19.5 Å². The summed E-state index contributed by atoms with van der Waals surface area (Å²) in [4.78, 5) is 16.6. The fourth-order valence-electron chi connectivity index (χ4n) is 2.70. The number of carbonyl (C=O) groups is 1. The Kier molecular flexibility index (Phi) is 6.69. The van der Waals surface area contributed by atoms with E-state index in [-0.39, 0.29) is 5.91 Å². The Bertz CT molecular complexity index is 532. The Labute approximate surface area is 143 Å². The molecule has 0 aliphatic carbocycles. The topological polar surface area (TPSA) is 63.3 Å². The average molecular weight is 337 g/mol. The van der Waals surface area contributed by atoms with E-state index in [4.69, 9.17) is 14.2 Å². The van der Waals surface area contributed by atoms with Gasteiger partial charge in [-0.25, -0.2) is 0 Å². The van der Waals surface area contributed by atoms with Crippen molar-refractivity contribution in [2.45, 2.75) is 6.54 Å². The van der Waals surface area contributed by atoms with E-state index in [1.165, 1.54) is 0 Å². The molecular formula is C17H27N3O4. The first-order valence-electron chi connectivity index (χ1n) is 8.03. The summed E-state index contributed by atoms with van der Waals surface area (Å²) in [6, 6.07) is 3.69. The molecule has 1 fully saturated rings. The smallest absolute Gasteiger partial charge is 0.234 e. The summed E-state index contributed by atoms with van der Waals surface area (Å²) in [7, 11) is 6.82. The lowest BCUT2D eigenvalue weighted by Gasteiger charge is -2.31. The molecule has 1 aromatic carbocycles. The van der Waals surface area contributed by atoms with Crippen molar-refractivity contribution in [2.75, 3.05) is 61.1 Å². The summed E-state index contributed by atoms with van der Waals surface area (Å²) in [5.41, 5.74) is 0.899. The molecule has 0 spiro atoms. The number of rotatable bonds is 7. The number of nitrogens with one attached hydrogen (secondary N) is 1. The molecule has 1 aromatic rings. The Morgan fingerprint density at radius 2 is 1.62 bits per heavy atom. The van der Waals surface area contributed by atoms with E-state index in [0.29, 0.717) is 30.3 Å². The zero-order chi connectivity index (χ0) is 17.5. The van der Waals surface area contributed by atoms with Crippen molar-refractivity contribution < 1.29 is 19.0 Å². The quantitative estimate of drug-likeness (QED) is 0.785. The van der Waals surface area contributed by atoms with Crippen LogP contribution in [0.15, 0.2) is 12.1 Å². The van der Waals surface area contributed by atoms with Crippen LogP contribution >= 0.6 is 0 Å². The van der Waals surface area contributed by atoms with E-state index < -0.39 is 0 Å². The molecule has 7 nitrogen and oxygen atoms in total. The largest absolute Gasteiger partial charge is 0.493 e. The second-order valence-electron chi connectivity index (χ2n) is 5.89. The van der Waals surface area contributed by atoms with E-state index in [2.05, 4.69) is 22.2 Å². The van der Waals surface area contributed by atoms with Gasteiger partial charge in [0.2, 0.25) is 11.7 Å². The molecule has 0 radical (unpaired) electrons. The number of carbonyl (C=O) groups excluding carboxylic acids is 1. The number of hydrogen-bond acceptors (Lipinski definition) is 6. The number of amides is 1. The van der Waals surface area contributed by atoms with Gasteiger partial charge in [-0.3, -0.25) is 9.69 Å². The van der Waals surface area contributed by atoms with E-state index in [1.807, 2.05) is 12.1 Å². The normalized spacial score (nSPS) is 15.8. The van der Waals surface area contributed by atoms with E-state index in [0.717, 1.165) is 31.7 Å². The Morgan fingerprint density at radius 1 is 1.04 bits per heavy atom. The standard InChI is InChI=1S/C17H27N3O4/c1-19-5-7-20(8-6-19)12-16(21)18-11-13-9-14(22-2)17(24-4)15(10-13)23-3/h9-10H,5-8,11-12H2,1-4H3,(H,18,21). The first-order valence-corrected chi connectivity index (χ1v) is 8.03. The highest BCUT2D eigenvalue weighted by atomic mass is 16.5. The summed E-state index contributed by atoms with van der Waals surface area (Å²) >= 11 is 0. The van der Waals surface area contributed by atoms with Crippen LogP contribution in [0.3, 0.4) is 0 Å². The molecule has 0 atom stereocenters. The zero-order valence-corrected chi connectivity index (χ0v) is 14.9. The minimum atomic E-state index is 0.0216. The number of likely N-dealkylation sites (N-methyl/N-ethyl adjacent to an activating group) is 1. The molecule has 1 saturated heterocycles. The lowest BCUT2D eigenvalue weighted by Crippen LogP contribution is -2.48. The summed E-state index contributed by atoms with van der Waals surface area (Å²) in [5.74, 6) is 1.74. The first-order chi connectivity index (χ1) is 11.6. The van der Waals surface area contributed by atoms with Gasteiger partial charge in [0.15, 0.2) is 11.5 Å². The Balaban J connectivity index is 1.92. The predicted molar refractivity (Wildman–Crippen MR) is 91.9 cm³/mol. The molecule has 1 amide bonds. The summed E-state index contributed by atoms with van der Waals surface area (Å²) in [6.45, 7) is 4.70. The van der Waals surface area contributed by atoms with Crippen molar-refractivity contribution in [3.05, 3.63) is 17.7 Å². The molecule has 1 heterocycles. The minimum absolute atomic E-state index is 0.0216. The zero-order valence-electron chi connectivity index (χ0n) is 14.9. The van der Waals surface area contributed by atoms with Crippen molar-refractivity contribution in [1.82, 2.24) is 15.1 Å². The second kappa shape index (κ2) is 8.75. The van der Waals surface area contributed by atoms with Gasteiger partial charge in [0, 0.05) is 32.7 Å². The van der Waals surface area contributed by atoms with Gasteiger partial charge >= 0.3 is 0 Å². The number of ether oxygens (including phenoxy) is 3.